The Morgan fingerprint density at radius 2 is 1.87 bits per heavy atom. The zero-order chi connectivity index (χ0) is 15.5. The lowest BCUT2D eigenvalue weighted by molar-refractivity contribution is -0.127. The number of nitrogens with one attached hydrogen (secondary N) is 1. The highest BCUT2D eigenvalue weighted by molar-refractivity contribution is 6.31. The first kappa shape index (κ1) is 18.6. The van der Waals surface area contributed by atoms with Gasteiger partial charge in [0.1, 0.15) is 0 Å². The molecule has 1 aromatic carbocycles. The van der Waals surface area contributed by atoms with Crippen LogP contribution in [0.2, 0.25) is 5.02 Å². The maximum absolute atomic E-state index is 12.4. The van der Waals surface area contributed by atoms with Crippen LogP contribution in [0.25, 0.3) is 0 Å². The molecule has 3 N–H and O–H groups in total. The molecule has 0 heterocycles. The van der Waals surface area contributed by atoms with E-state index in [9.17, 15) is 4.79 Å². The first-order chi connectivity index (χ1) is 10.6. The second-order valence-electron chi connectivity index (χ2n) is 6.83. The molecular weight excluding hydrogens is 331 g/mol. The van der Waals surface area contributed by atoms with Gasteiger partial charge >= 0.3 is 0 Å². The van der Waals surface area contributed by atoms with Crippen molar-refractivity contribution in [1.82, 2.24) is 5.32 Å². The van der Waals surface area contributed by atoms with Crippen molar-refractivity contribution in [2.24, 2.45) is 23.5 Å². The molecule has 2 bridgehead atoms. The third kappa shape index (κ3) is 4.40. The molecule has 3 nitrogen and oxygen atoms in total. The van der Waals surface area contributed by atoms with Gasteiger partial charge in [0.05, 0.1) is 0 Å². The Labute approximate surface area is 149 Å². The van der Waals surface area contributed by atoms with Gasteiger partial charge in [-0.2, -0.15) is 0 Å². The van der Waals surface area contributed by atoms with Gasteiger partial charge in [0.15, 0.2) is 0 Å². The summed E-state index contributed by atoms with van der Waals surface area (Å²) in [5, 5.41) is 3.87. The molecule has 0 saturated heterocycles. The van der Waals surface area contributed by atoms with Crippen molar-refractivity contribution in [2.45, 2.75) is 44.6 Å². The standard InChI is InChI=1S/C18H25ClN2O.ClH/c19-16-7-2-1-4-12(16)8-9-21-18(22)15-10-13-5-3-6-14(11-15)17(13)20;/h1-2,4,7,13-15,17H,3,5-6,8-11,20H2,(H,21,22);1H. The minimum Gasteiger partial charge on any atom is -0.356 e. The van der Waals surface area contributed by atoms with Crippen LogP contribution in [0.15, 0.2) is 24.3 Å². The van der Waals surface area contributed by atoms with Crippen LogP contribution in [0.4, 0.5) is 0 Å². The smallest absolute Gasteiger partial charge is 0.223 e. The van der Waals surface area contributed by atoms with Crippen molar-refractivity contribution in [1.29, 1.82) is 0 Å². The predicted molar refractivity (Wildman–Crippen MR) is 96.9 cm³/mol. The summed E-state index contributed by atoms with van der Waals surface area (Å²) < 4.78 is 0. The number of halogens is 2. The minimum atomic E-state index is 0. The molecule has 1 amide bonds. The summed E-state index contributed by atoms with van der Waals surface area (Å²) in [4.78, 5) is 12.4. The van der Waals surface area contributed by atoms with Gasteiger partial charge in [0.25, 0.3) is 0 Å². The normalized spacial score (nSPS) is 29.5. The molecule has 0 aliphatic heterocycles. The van der Waals surface area contributed by atoms with Gasteiger partial charge in [-0.05, 0) is 55.6 Å². The molecule has 0 spiro atoms. The fourth-order valence-corrected chi connectivity index (χ4v) is 4.40. The van der Waals surface area contributed by atoms with Crippen LogP contribution < -0.4 is 11.1 Å². The predicted octanol–water partition coefficient (Wildman–Crippen LogP) is 3.57. The molecule has 1 aromatic rings. The third-order valence-electron chi connectivity index (χ3n) is 5.44. The first-order valence-corrected chi connectivity index (χ1v) is 8.79. The number of hydrogen-bond donors (Lipinski definition) is 2. The topological polar surface area (TPSA) is 55.1 Å². The number of rotatable bonds is 4. The van der Waals surface area contributed by atoms with Gasteiger partial charge in [-0.3, -0.25) is 4.79 Å². The number of benzene rings is 1. The maximum atomic E-state index is 12.4. The molecule has 0 aromatic heterocycles. The van der Waals surface area contributed by atoms with Crippen LogP contribution in [-0.2, 0) is 11.2 Å². The number of hydrogen-bond acceptors (Lipinski definition) is 2. The van der Waals surface area contributed by atoms with Crippen molar-refractivity contribution in [3.63, 3.8) is 0 Å². The minimum absolute atomic E-state index is 0. The van der Waals surface area contributed by atoms with Gasteiger partial charge in [-0.15, -0.1) is 12.4 Å². The summed E-state index contributed by atoms with van der Waals surface area (Å²) >= 11 is 6.14. The van der Waals surface area contributed by atoms with E-state index in [1.165, 1.54) is 19.3 Å². The average Bonchev–Trinajstić information content (AvgIpc) is 2.49. The maximum Gasteiger partial charge on any atom is 0.223 e. The largest absolute Gasteiger partial charge is 0.356 e. The zero-order valence-corrected chi connectivity index (χ0v) is 14.9. The zero-order valence-electron chi connectivity index (χ0n) is 13.3. The van der Waals surface area contributed by atoms with Crippen molar-refractivity contribution >= 4 is 29.9 Å². The van der Waals surface area contributed by atoms with Gasteiger partial charge in [0.2, 0.25) is 5.91 Å². The first-order valence-electron chi connectivity index (χ1n) is 8.42. The van der Waals surface area contributed by atoms with Crippen molar-refractivity contribution < 1.29 is 4.79 Å². The van der Waals surface area contributed by atoms with Crippen LogP contribution in [-0.4, -0.2) is 18.5 Å². The average molecular weight is 357 g/mol. The molecule has 2 aliphatic rings. The van der Waals surface area contributed by atoms with Crippen molar-refractivity contribution in [3.05, 3.63) is 34.9 Å². The van der Waals surface area contributed by atoms with Gasteiger partial charge < -0.3 is 11.1 Å². The fraction of sp³-hybridized carbons (Fsp3) is 0.611. The molecule has 2 atom stereocenters. The number of fused-ring (bicyclic) bond motifs is 2. The summed E-state index contributed by atoms with van der Waals surface area (Å²) in [6.07, 6.45) is 6.39. The van der Waals surface area contributed by atoms with Crippen LogP contribution >= 0.6 is 24.0 Å². The highest BCUT2D eigenvalue weighted by Crippen LogP contribution is 2.41. The molecule has 2 fully saturated rings. The van der Waals surface area contributed by atoms with E-state index < -0.39 is 0 Å². The van der Waals surface area contributed by atoms with Gasteiger partial charge in [-0.1, -0.05) is 36.2 Å². The van der Waals surface area contributed by atoms with E-state index in [1.54, 1.807) is 0 Å². The summed E-state index contributed by atoms with van der Waals surface area (Å²) in [5.41, 5.74) is 7.38. The Morgan fingerprint density at radius 1 is 1.22 bits per heavy atom. The quantitative estimate of drug-likeness (QED) is 0.866. The second-order valence-corrected chi connectivity index (χ2v) is 7.24. The molecule has 23 heavy (non-hydrogen) atoms. The SMILES string of the molecule is Cl.NC1C2CCCC1CC(C(=O)NCCc1ccccc1Cl)C2. The highest BCUT2D eigenvalue weighted by Gasteiger charge is 2.40. The molecule has 3 rings (SSSR count). The van der Waals surface area contributed by atoms with E-state index in [0.717, 1.165) is 29.8 Å². The van der Waals surface area contributed by atoms with E-state index in [2.05, 4.69) is 5.32 Å². The Morgan fingerprint density at radius 3 is 2.52 bits per heavy atom. The van der Waals surface area contributed by atoms with E-state index in [-0.39, 0.29) is 24.2 Å². The Bertz CT molecular complexity index is 524. The third-order valence-corrected chi connectivity index (χ3v) is 5.80. The summed E-state index contributed by atoms with van der Waals surface area (Å²) in [6, 6.07) is 8.13. The molecule has 128 valence electrons. The lowest BCUT2D eigenvalue weighted by Gasteiger charge is -2.43. The highest BCUT2D eigenvalue weighted by atomic mass is 35.5. The van der Waals surface area contributed by atoms with E-state index in [0.29, 0.717) is 24.4 Å². The van der Waals surface area contributed by atoms with Gasteiger partial charge in [-0.25, -0.2) is 0 Å². The van der Waals surface area contributed by atoms with Crippen molar-refractivity contribution in [3.8, 4) is 0 Å². The Balaban J connectivity index is 0.00000192. The second kappa shape index (κ2) is 8.36. The van der Waals surface area contributed by atoms with Crippen LogP contribution in [0.5, 0.6) is 0 Å². The summed E-state index contributed by atoms with van der Waals surface area (Å²) in [6.45, 7) is 0.653. The Kier molecular flexibility index (Phi) is 6.75. The Hall–Kier alpha value is -0.770. The van der Waals surface area contributed by atoms with Gasteiger partial charge in [0, 0.05) is 23.5 Å². The number of nitrogens with two attached hydrogens (primary N) is 1. The summed E-state index contributed by atoms with van der Waals surface area (Å²) in [5.74, 6) is 1.45. The molecule has 2 aliphatic carbocycles. The molecule has 2 saturated carbocycles. The van der Waals surface area contributed by atoms with Crippen molar-refractivity contribution in [2.75, 3.05) is 6.54 Å². The van der Waals surface area contributed by atoms with E-state index in [4.69, 9.17) is 17.3 Å². The molecule has 0 radical (unpaired) electrons. The molecular formula is C18H26Cl2N2O. The number of amides is 1. The van der Waals surface area contributed by atoms with E-state index in [1.807, 2.05) is 24.3 Å². The molecule has 2 unspecified atom stereocenters. The molecule has 5 heteroatoms. The van der Waals surface area contributed by atoms with Crippen LogP contribution in [0.1, 0.15) is 37.7 Å². The number of carbonyl (C=O) groups is 1. The van der Waals surface area contributed by atoms with E-state index >= 15 is 0 Å². The van der Waals surface area contributed by atoms with Crippen LogP contribution in [0, 0.1) is 17.8 Å². The van der Waals surface area contributed by atoms with Crippen LogP contribution in [0.3, 0.4) is 0 Å². The lowest BCUT2D eigenvalue weighted by Crippen LogP contribution is -2.49. The fourth-order valence-electron chi connectivity index (χ4n) is 4.17. The number of carbonyl (C=O) groups excluding carboxylic acids is 1. The summed E-state index contributed by atoms with van der Waals surface area (Å²) in [7, 11) is 0. The monoisotopic (exact) mass is 356 g/mol. The lowest BCUT2D eigenvalue weighted by atomic mass is 9.65.